The van der Waals surface area contributed by atoms with Crippen molar-refractivity contribution in [3.8, 4) is 11.4 Å². The zero-order valence-electron chi connectivity index (χ0n) is 15.9. The predicted molar refractivity (Wildman–Crippen MR) is 110 cm³/mol. The summed E-state index contributed by atoms with van der Waals surface area (Å²) in [6.45, 7) is 2.25. The molecule has 1 aliphatic rings. The van der Waals surface area contributed by atoms with E-state index in [0.717, 1.165) is 42.0 Å². The van der Waals surface area contributed by atoms with Gasteiger partial charge in [-0.15, -0.1) is 11.8 Å². The van der Waals surface area contributed by atoms with E-state index in [4.69, 9.17) is 4.52 Å². The van der Waals surface area contributed by atoms with Gasteiger partial charge in [0.15, 0.2) is 5.78 Å². The molecule has 0 spiro atoms. The zero-order valence-corrected chi connectivity index (χ0v) is 16.7. The van der Waals surface area contributed by atoms with Gasteiger partial charge in [0.2, 0.25) is 11.7 Å². The second kappa shape index (κ2) is 8.71. The van der Waals surface area contributed by atoms with Crippen LogP contribution in [-0.2, 0) is 6.54 Å². The minimum Gasteiger partial charge on any atom is -0.338 e. The van der Waals surface area contributed by atoms with Crippen LogP contribution >= 0.6 is 11.8 Å². The number of likely N-dealkylation sites (tertiary alicyclic amines) is 1. The highest BCUT2D eigenvalue weighted by atomic mass is 32.2. The molecular formula is C22H23N3O2S. The van der Waals surface area contributed by atoms with Crippen LogP contribution in [0.1, 0.15) is 29.1 Å². The van der Waals surface area contributed by atoms with E-state index in [1.807, 2.05) is 60.9 Å². The molecule has 5 nitrogen and oxygen atoms in total. The number of hydrogen-bond donors (Lipinski definition) is 0. The standard InChI is InChI=1S/C22H23N3O2S/c1-28-19-12-6-5-11-18(19)21(26)17-10-7-13-25(14-17)15-20-23-22(24-27-20)16-8-3-2-4-9-16/h2-6,8-9,11-12,17H,7,10,13-15H2,1H3/t17-/m0/s1. The van der Waals surface area contributed by atoms with E-state index in [1.165, 1.54) is 0 Å². The Balaban J connectivity index is 1.43. The molecule has 0 aliphatic carbocycles. The minimum atomic E-state index is 0.0126. The molecule has 28 heavy (non-hydrogen) atoms. The lowest BCUT2D eigenvalue weighted by Crippen LogP contribution is -2.38. The number of carbonyl (C=O) groups excluding carboxylic acids is 1. The summed E-state index contributed by atoms with van der Waals surface area (Å²) in [6, 6.07) is 17.7. The number of piperidine rings is 1. The molecule has 1 aromatic heterocycles. The number of thioether (sulfide) groups is 1. The molecule has 3 aromatic rings. The summed E-state index contributed by atoms with van der Waals surface area (Å²) in [6.07, 6.45) is 3.94. The Bertz CT molecular complexity index is 942. The van der Waals surface area contributed by atoms with E-state index in [0.29, 0.717) is 18.3 Å². The average molecular weight is 394 g/mol. The molecular weight excluding hydrogens is 370 g/mol. The molecule has 6 heteroatoms. The van der Waals surface area contributed by atoms with Gasteiger partial charge in [0.25, 0.3) is 0 Å². The van der Waals surface area contributed by atoms with Crippen molar-refractivity contribution in [2.24, 2.45) is 5.92 Å². The number of nitrogens with zero attached hydrogens (tertiary/aromatic N) is 3. The van der Waals surface area contributed by atoms with Gasteiger partial charge in [0, 0.05) is 28.5 Å². The lowest BCUT2D eigenvalue weighted by molar-refractivity contribution is 0.0794. The minimum absolute atomic E-state index is 0.0126. The Hall–Kier alpha value is -2.44. The van der Waals surface area contributed by atoms with Gasteiger partial charge in [-0.25, -0.2) is 0 Å². The fourth-order valence-electron chi connectivity index (χ4n) is 3.70. The molecule has 0 radical (unpaired) electrons. The third-order valence-electron chi connectivity index (χ3n) is 5.11. The van der Waals surface area contributed by atoms with Gasteiger partial charge in [-0.3, -0.25) is 9.69 Å². The topological polar surface area (TPSA) is 59.2 Å². The first-order chi connectivity index (χ1) is 13.7. The average Bonchev–Trinajstić information content (AvgIpc) is 3.22. The van der Waals surface area contributed by atoms with Crippen molar-refractivity contribution in [3.63, 3.8) is 0 Å². The molecule has 0 N–H and O–H groups in total. The zero-order chi connectivity index (χ0) is 19.3. The lowest BCUT2D eigenvalue weighted by atomic mass is 9.90. The maximum atomic E-state index is 13.1. The van der Waals surface area contributed by atoms with Gasteiger partial charge in [0.05, 0.1) is 6.54 Å². The number of hydrogen-bond acceptors (Lipinski definition) is 6. The van der Waals surface area contributed by atoms with Crippen LogP contribution < -0.4 is 0 Å². The number of aromatic nitrogens is 2. The first-order valence-electron chi connectivity index (χ1n) is 9.52. The van der Waals surface area contributed by atoms with Crippen LogP contribution in [0.25, 0.3) is 11.4 Å². The maximum Gasteiger partial charge on any atom is 0.241 e. The fraction of sp³-hybridized carbons (Fsp3) is 0.318. The maximum absolute atomic E-state index is 13.1. The predicted octanol–water partition coefficient (Wildman–Crippen LogP) is 4.55. The summed E-state index contributed by atoms with van der Waals surface area (Å²) in [4.78, 5) is 20.9. The van der Waals surface area contributed by atoms with Crippen molar-refractivity contribution >= 4 is 17.5 Å². The van der Waals surface area contributed by atoms with E-state index >= 15 is 0 Å². The molecule has 1 fully saturated rings. The number of benzene rings is 2. The van der Waals surface area contributed by atoms with E-state index in [-0.39, 0.29) is 11.7 Å². The highest BCUT2D eigenvalue weighted by molar-refractivity contribution is 7.98. The Morgan fingerprint density at radius 2 is 1.96 bits per heavy atom. The van der Waals surface area contributed by atoms with Crippen molar-refractivity contribution in [2.75, 3.05) is 19.3 Å². The van der Waals surface area contributed by atoms with Crippen LogP contribution in [0.3, 0.4) is 0 Å². The number of ketones is 1. The highest BCUT2D eigenvalue weighted by Crippen LogP contribution is 2.27. The van der Waals surface area contributed by atoms with Crippen LogP contribution in [0.2, 0.25) is 0 Å². The normalized spacial score (nSPS) is 17.5. The first-order valence-corrected chi connectivity index (χ1v) is 10.7. The molecule has 2 aromatic carbocycles. The van der Waals surface area contributed by atoms with Crippen LogP contribution in [-0.4, -0.2) is 40.2 Å². The Labute approximate surface area is 169 Å². The first kappa shape index (κ1) is 18.9. The number of Topliss-reactive ketones (excluding diaryl/α,β-unsaturated/α-hetero) is 1. The summed E-state index contributed by atoms with van der Waals surface area (Å²) in [7, 11) is 0. The molecule has 2 heterocycles. The number of carbonyl (C=O) groups is 1. The monoisotopic (exact) mass is 393 g/mol. The van der Waals surface area contributed by atoms with Crippen molar-refractivity contribution in [1.82, 2.24) is 15.0 Å². The third-order valence-corrected chi connectivity index (χ3v) is 5.90. The van der Waals surface area contributed by atoms with E-state index in [2.05, 4.69) is 15.0 Å². The van der Waals surface area contributed by atoms with Gasteiger partial charge in [-0.2, -0.15) is 4.98 Å². The summed E-state index contributed by atoms with van der Waals surface area (Å²) in [5.41, 5.74) is 1.78. The van der Waals surface area contributed by atoms with Crippen molar-refractivity contribution in [3.05, 3.63) is 66.1 Å². The summed E-state index contributed by atoms with van der Waals surface area (Å²) in [5.74, 6) is 1.45. The lowest BCUT2D eigenvalue weighted by Gasteiger charge is -2.31. The largest absolute Gasteiger partial charge is 0.338 e. The van der Waals surface area contributed by atoms with Crippen molar-refractivity contribution < 1.29 is 9.32 Å². The second-order valence-corrected chi connectivity index (χ2v) is 7.86. The molecule has 0 bridgehead atoms. The molecule has 144 valence electrons. The molecule has 1 aliphatic heterocycles. The fourth-order valence-corrected chi connectivity index (χ4v) is 4.30. The van der Waals surface area contributed by atoms with Crippen LogP contribution in [0.15, 0.2) is 64.0 Å². The molecule has 1 atom stereocenters. The number of rotatable bonds is 6. The summed E-state index contributed by atoms with van der Waals surface area (Å²) in [5, 5.41) is 4.09. The smallest absolute Gasteiger partial charge is 0.241 e. The quantitative estimate of drug-likeness (QED) is 0.452. The van der Waals surface area contributed by atoms with Crippen LogP contribution in [0.4, 0.5) is 0 Å². The van der Waals surface area contributed by atoms with E-state index in [1.54, 1.807) is 11.8 Å². The third kappa shape index (κ3) is 4.18. The Morgan fingerprint density at radius 1 is 1.18 bits per heavy atom. The second-order valence-electron chi connectivity index (χ2n) is 7.02. The SMILES string of the molecule is CSc1ccccc1C(=O)[C@H]1CCCN(Cc2nc(-c3ccccc3)no2)C1. The van der Waals surface area contributed by atoms with E-state index < -0.39 is 0 Å². The van der Waals surface area contributed by atoms with Crippen molar-refractivity contribution in [2.45, 2.75) is 24.3 Å². The van der Waals surface area contributed by atoms with Gasteiger partial charge in [-0.05, 0) is 31.7 Å². The molecule has 4 rings (SSSR count). The van der Waals surface area contributed by atoms with Gasteiger partial charge in [0.1, 0.15) is 0 Å². The molecule has 0 saturated carbocycles. The van der Waals surface area contributed by atoms with Crippen LogP contribution in [0.5, 0.6) is 0 Å². The molecule has 0 unspecified atom stereocenters. The Morgan fingerprint density at radius 3 is 2.79 bits per heavy atom. The van der Waals surface area contributed by atoms with E-state index in [9.17, 15) is 4.79 Å². The molecule has 0 amide bonds. The molecule has 1 saturated heterocycles. The Kier molecular flexibility index (Phi) is 5.88. The van der Waals surface area contributed by atoms with Gasteiger partial charge < -0.3 is 4.52 Å². The van der Waals surface area contributed by atoms with Gasteiger partial charge >= 0.3 is 0 Å². The van der Waals surface area contributed by atoms with Crippen LogP contribution in [0, 0.1) is 5.92 Å². The summed E-state index contributed by atoms with van der Waals surface area (Å²) >= 11 is 1.62. The van der Waals surface area contributed by atoms with Gasteiger partial charge in [-0.1, -0.05) is 53.7 Å². The van der Waals surface area contributed by atoms with Crippen molar-refractivity contribution in [1.29, 1.82) is 0 Å². The summed E-state index contributed by atoms with van der Waals surface area (Å²) < 4.78 is 5.45. The highest BCUT2D eigenvalue weighted by Gasteiger charge is 2.28.